The van der Waals surface area contributed by atoms with Crippen molar-refractivity contribution >= 4 is 17.7 Å². The summed E-state index contributed by atoms with van der Waals surface area (Å²) in [6, 6.07) is -0.971. The minimum Gasteiger partial charge on any atom is -0.368 e. The van der Waals surface area contributed by atoms with Crippen molar-refractivity contribution in [3.63, 3.8) is 0 Å². The van der Waals surface area contributed by atoms with Gasteiger partial charge in [-0.1, -0.05) is 0 Å². The highest BCUT2D eigenvalue weighted by molar-refractivity contribution is 5.98. The third kappa shape index (κ3) is 2.29. The van der Waals surface area contributed by atoms with Crippen molar-refractivity contribution in [1.82, 2.24) is 4.90 Å². The molecule has 6 nitrogen and oxygen atoms in total. The Morgan fingerprint density at radius 3 is 2.29 bits per heavy atom. The first-order valence-electron chi connectivity index (χ1n) is 4.40. The first kappa shape index (κ1) is 10.6. The predicted octanol–water partition coefficient (Wildman–Crippen LogP) is -1.66. The van der Waals surface area contributed by atoms with Crippen LogP contribution in [0.2, 0.25) is 0 Å². The lowest BCUT2D eigenvalue weighted by molar-refractivity contribution is -0.148. The second-order valence-corrected chi connectivity index (χ2v) is 3.26. The number of primary amides is 1. The molecule has 1 aliphatic rings. The average Bonchev–Trinajstić information content (AvgIpc) is 2.11. The highest BCUT2D eigenvalue weighted by Gasteiger charge is 2.28. The van der Waals surface area contributed by atoms with E-state index in [-0.39, 0.29) is 18.4 Å². The second-order valence-electron chi connectivity index (χ2n) is 3.26. The fourth-order valence-corrected chi connectivity index (χ4v) is 1.29. The maximum Gasteiger partial charge on any atom is 0.236 e. The van der Waals surface area contributed by atoms with Gasteiger partial charge in [-0.2, -0.15) is 0 Å². The summed E-state index contributed by atoms with van der Waals surface area (Å²) in [6.07, 6.45) is 1.23. The highest BCUT2D eigenvalue weighted by atomic mass is 16.2. The standard InChI is InChI=1S/C8H13N3O3/c9-5(8(10)14)4-11-6(12)2-1-3-7(11)13/h5H,1-4,9H2,(H2,10,14). The maximum atomic E-state index is 11.3. The van der Waals surface area contributed by atoms with Crippen molar-refractivity contribution in [3.05, 3.63) is 0 Å². The summed E-state index contributed by atoms with van der Waals surface area (Å²) in [5.41, 5.74) is 10.3. The molecule has 0 spiro atoms. The van der Waals surface area contributed by atoms with Crippen LogP contribution in [0.5, 0.6) is 0 Å². The van der Waals surface area contributed by atoms with Gasteiger partial charge in [0.1, 0.15) is 6.04 Å². The Balaban J connectivity index is 2.61. The molecule has 78 valence electrons. The summed E-state index contributed by atoms with van der Waals surface area (Å²) in [5, 5.41) is 0. The van der Waals surface area contributed by atoms with Crippen LogP contribution >= 0.6 is 0 Å². The first-order valence-corrected chi connectivity index (χ1v) is 4.40. The van der Waals surface area contributed by atoms with Crippen molar-refractivity contribution in [2.45, 2.75) is 25.3 Å². The van der Waals surface area contributed by atoms with Gasteiger partial charge in [0.2, 0.25) is 17.7 Å². The van der Waals surface area contributed by atoms with Gasteiger partial charge in [-0.05, 0) is 6.42 Å². The molecular weight excluding hydrogens is 186 g/mol. The molecule has 1 saturated heterocycles. The van der Waals surface area contributed by atoms with Gasteiger partial charge in [0, 0.05) is 12.8 Å². The Morgan fingerprint density at radius 2 is 1.86 bits per heavy atom. The fraction of sp³-hybridized carbons (Fsp3) is 0.625. The normalized spacial score (nSPS) is 19.6. The van der Waals surface area contributed by atoms with Crippen LogP contribution in [0.4, 0.5) is 0 Å². The first-order chi connectivity index (χ1) is 6.52. The number of rotatable bonds is 3. The molecule has 0 aliphatic carbocycles. The molecule has 1 aliphatic heterocycles. The lowest BCUT2D eigenvalue weighted by atomic mass is 10.1. The van der Waals surface area contributed by atoms with E-state index in [1.165, 1.54) is 0 Å². The van der Waals surface area contributed by atoms with Crippen molar-refractivity contribution in [3.8, 4) is 0 Å². The average molecular weight is 199 g/mol. The van der Waals surface area contributed by atoms with Gasteiger partial charge in [0.25, 0.3) is 0 Å². The van der Waals surface area contributed by atoms with E-state index < -0.39 is 11.9 Å². The summed E-state index contributed by atoms with van der Waals surface area (Å²) in [5.74, 6) is -1.27. The van der Waals surface area contributed by atoms with Crippen LogP contribution in [-0.4, -0.2) is 35.2 Å². The van der Waals surface area contributed by atoms with Gasteiger partial charge >= 0.3 is 0 Å². The van der Waals surface area contributed by atoms with Crippen LogP contribution in [0.1, 0.15) is 19.3 Å². The van der Waals surface area contributed by atoms with Crippen molar-refractivity contribution in [2.24, 2.45) is 11.5 Å². The maximum absolute atomic E-state index is 11.3. The SMILES string of the molecule is NC(=O)C(N)CN1C(=O)CCCC1=O. The molecule has 1 unspecified atom stereocenters. The molecule has 0 radical (unpaired) electrons. The monoisotopic (exact) mass is 199 g/mol. The molecule has 4 N–H and O–H groups in total. The van der Waals surface area contributed by atoms with Crippen LogP contribution in [0.3, 0.4) is 0 Å². The van der Waals surface area contributed by atoms with Gasteiger partial charge < -0.3 is 11.5 Å². The molecule has 0 aromatic rings. The number of likely N-dealkylation sites (tertiary alicyclic amines) is 1. The molecule has 0 saturated carbocycles. The number of hydrogen-bond acceptors (Lipinski definition) is 4. The van der Waals surface area contributed by atoms with E-state index in [9.17, 15) is 14.4 Å². The highest BCUT2D eigenvalue weighted by Crippen LogP contribution is 2.11. The topological polar surface area (TPSA) is 106 Å². The van der Waals surface area contributed by atoms with Gasteiger partial charge in [0.15, 0.2) is 0 Å². The van der Waals surface area contributed by atoms with E-state index in [1.54, 1.807) is 0 Å². The van der Waals surface area contributed by atoms with E-state index in [0.29, 0.717) is 19.3 Å². The molecule has 1 fully saturated rings. The largest absolute Gasteiger partial charge is 0.368 e. The fourth-order valence-electron chi connectivity index (χ4n) is 1.29. The summed E-state index contributed by atoms with van der Waals surface area (Å²) in [7, 11) is 0. The minimum atomic E-state index is -0.971. The zero-order valence-electron chi connectivity index (χ0n) is 7.73. The van der Waals surface area contributed by atoms with E-state index in [0.717, 1.165) is 4.90 Å². The number of nitrogens with zero attached hydrogens (tertiary/aromatic N) is 1. The molecule has 1 rings (SSSR count). The van der Waals surface area contributed by atoms with Gasteiger partial charge in [-0.15, -0.1) is 0 Å². The number of carbonyl (C=O) groups is 3. The third-order valence-electron chi connectivity index (χ3n) is 2.13. The number of imide groups is 1. The molecule has 0 bridgehead atoms. The summed E-state index contributed by atoms with van der Waals surface area (Å²) in [4.78, 5) is 34.2. The molecule has 1 atom stereocenters. The predicted molar refractivity (Wildman–Crippen MR) is 47.7 cm³/mol. The lowest BCUT2D eigenvalue weighted by Crippen LogP contribution is -2.51. The Kier molecular flexibility index (Phi) is 3.19. The quantitative estimate of drug-likeness (QED) is 0.530. The smallest absolute Gasteiger partial charge is 0.236 e. The molecule has 0 aromatic carbocycles. The number of nitrogens with two attached hydrogens (primary N) is 2. The van der Waals surface area contributed by atoms with Gasteiger partial charge in [-0.25, -0.2) is 0 Å². The second kappa shape index (κ2) is 4.19. The Bertz CT molecular complexity index is 261. The Morgan fingerprint density at radius 1 is 1.36 bits per heavy atom. The van der Waals surface area contributed by atoms with Crippen LogP contribution in [0.15, 0.2) is 0 Å². The summed E-state index contributed by atoms with van der Waals surface area (Å²) >= 11 is 0. The Hall–Kier alpha value is -1.43. The summed E-state index contributed by atoms with van der Waals surface area (Å²) < 4.78 is 0. The molecule has 0 aromatic heterocycles. The van der Waals surface area contributed by atoms with E-state index in [1.807, 2.05) is 0 Å². The Labute approximate surface area is 81.2 Å². The van der Waals surface area contributed by atoms with Crippen LogP contribution < -0.4 is 11.5 Å². The molecule has 3 amide bonds. The zero-order valence-corrected chi connectivity index (χ0v) is 7.73. The molecule has 1 heterocycles. The van der Waals surface area contributed by atoms with Gasteiger partial charge in [-0.3, -0.25) is 19.3 Å². The van der Waals surface area contributed by atoms with Crippen LogP contribution in [0, 0.1) is 0 Å². The third-order valence-corrected chi connectivity index (χ3v) is 2.13. The van der Waals surface area contributed by atoms with Gasteiger partial charge in [0.05, 0.1) is 6.54 Å². The van der Waals surface area contributed by atoms with E-state index in [4.69, 9.17) is 11.5 Å². The number of piperidine rings is 1. The molecule has 14 heavy (non-hydrogen) atoms. The number of carbonyl (C=O) groups excluding carboxylic acids is 3. The lowest BCUT2D eigenvalue weighted by Gasteiger charge is -2.26. The van der Waals surface area contributed by atoms with Crippen molar-refractivity contribution in [1.29, 1.82) is 0 Å². The number of hydrogen-bond donors (Lipinski definition) is 2. The van der Waals surface area contributed by atoms with Crippen molar-refractivity contribution in [2.75, 3.05) is 6.54 Å². The molecule has 6 heteroatoms. The van der Waals surface area contributed by atoms with Crippen LogP contribution in [0.25, 0.3) is 0 Å². The van der Waals surface area contributed by atoms with E-state index >= 15 is 0 Å². The minimum absolute atomic E-state index is 0.104. The van der Waals surface area contributed by atoms with E-state index in [2.05, 4.69) is 0 Å². The van der Waals surface area contributed by atoms with Crippen molar-refractivity contribution < 1.29 is 14.4 Å². The van der Waals surface area contributed by atoms with Crippen LogP contribution in [-0.2, 0) is 14.4 Å². The zero-order chi connectivity index (χ0) is 10.7. The summed E-state index contributed by atoms with van der Waals surface area (Å²) in [6.45, 7) is -0.104. The number of amides is 3. The molecular formula is C8H13N3O3.